The first-order valence-electron chi connectivity index (χ1n) is 5.52. The molecular formula is C12H10BrN5O2. The van der Waals surface area contributed by atoms with E-state index in [1.807, 2.05) is 24.3 Å². The van der Waals surface area contributed by atoms with Gasteiger partial charge in [0, 0.05) is 16.2 Å². The highest BCUT2D eigenvalue weighted by atomic mass is 79.9. The Morgan fingerprint density at radius 1 is 1.30 bits per heavy atom. The highest BCUT2D eigenvalue weighted by Crippen LogP contribution is 2.16. The van der Waals surface area contributed by atoms with E-state index in [4.69, 9.17) is 5.73 Å². The van der Waals surface area contributed by atoms with Crippen molar-refractivity contribution >= 4 is 39.1 Å². The molecular weight excluding hydrogens is 326 g/mol. The number of hydrogen-bond donors (Lipinski definition) is 2. The smallest absolute Gasteiger partial charge is 0.287 e. The number of hydrogen-bond acceptors (Lipinski definition) is 4. The number of nitrogens with one attached hydrogen (secondary N) is 1. The van der Waals surface area contributed by atoms with Gasteiger partial charge in [0.05, 0.1) is 4.92 Å². The number of nitro groups is 1. The summed E-state index contributed by atoms with van der Waals surface area (Å²) in [5.41, 5.74) is 6.41. The summed E-state index contributed by atoms with van der Waals surface area (Å²) < 4.78 is 0.954. The Bertz CT molecular complexity index is 640. The second kappa shape index (κ2) is 6.11. The molecule has 1 aromatic carbocycles. The summed E-state index contributed by atoms with van der Waals surface area (Å²) in [5, 5.41) is 13.4. The third-order valence-corrected chi connectivity index (χ3v) is 2.82. The SMILES string of the molecule is NC(=Nc1ccc([N+](=O)[O-])cn1)Nc1ccc(Br)cc1. The van der Waals surface area contributed by atoms with Gasteiger partial charge in [-0.2, -0.15) is 4.99 Å². The van der Waals surface area contributed by atoms with Gasteiger partial charge >= 0.3 is 0 Å². The Hall–Kier alpha value is -2.48. The second-order valence-electron chi connectivity index (χ2n) is 3.76. The van der Waals surface area contributed by atoms with Crippen LogP contribution in [0.3, 0.4) is 0 Å². The van der Waals surface area contributed by atoms with Crippen LogP contribution in [0.25, 0.3) is 0 Å². The maximum Gasteiger partial charge on any atom is 0.287 e. The third-order valence-electron chi connectivity index (χ3n) is 2.29. The average Bonchev–Trinajstić information content (AvgIpc) is 2.42. The number of halogens is 1. The zero-order valence-electron chi connectivity index (χ0n) is 10.2. The van der Waals surface area contributed by atoms with Crippen molar-refractivity contribution in [1.82, 2.24) is 4.98 Å². The number of pyridine rings is 1. The van der Waals surface area contributed by atoms with Crippen molar-refractivity contribution in [2.45, 2.75) is 0 Å². The Morgan fingerprint density at radius 3 is 2.55 bits per heavy atom. The fourth-order valence-corrected chi connectivity index (χ4v) is 1.65. The van der Waals surface area contributed by atoms with Crippen molar-refractivity contribution in [1.29, 1.82) is 0 Å². The molecule has 0 saturated carbocycles. The Labute approximate surface area is 122 Å². The molecule has 0 atom stereocenters. The summed E-state index contributed by atoms with van der Waals surface area (Å²) in [6, 6.07) is 10.1. The molecule has 8 heteroatoms. The topological polar surface area (TPSA) is 106 Å². The van der Waals surface area contributed by atoms with Crippen LogP contribution >= 0.6 is 15.9 Å². The number of benzene rings is 1. The second-order valence-corrected chi connectivity index (χ2v) is 4.68. The van der Waals surface area contributed by atoms with Crippen molar-refractivity contribution < 1.29 is 4.92 Å². The molecule has 3 N–H and O–H groups in total. The molecule has 0 aliphatic heterocycles. The molecule has 0 saturated heterocycles. The lowest BCUT2D eigenvalue weighted by Crippen LogP contribution is -2.21. The number of rotatable bonds is 3. The Morgan fingerprint density at radius 2 is 2.00 bits per heavy atom. The summed E-state index contributed by atoms with van der Waals surface area (Å²) in [7, 11) is 0. The minimum Gasteiger partial charge on any atom is -0.369 e. The molecule has 7 nitrogen and oxygen atoms in total. The van der Waals surface area contributed by atoms with Crippen molar-refractivity contribution in [2.24, 2.45) is 10.7 Å². The van der Waals surface area contributed by atoms with Crippen LogP contribution in [0.15, 0.2) is 52.1 Å². The van der Waals surface area contributed by atoms with Gasteiger partial charge in [-0.3, -0.25) is 10.1 Å². The molecule has 0 amide bonds. The molecule has 2 rings (SSSR count). The summed E-state index contributed by atoms with van der Waals surface area (Å²) in [6.07, 6.45) is 1.13. The van der Waals surface area contributed by atoms with Crippen LogP contribution in [0.1, 0.15) is 0 Å². The van der Waals surface area contributed by atoms with Gasteiger partial charge in [0.1, 0.15) is 6.20 Å². The highest BCUT2D eigenvalue weighted by Gasteiger charge is 2.05. The van der Waals surface area contributed by atoms with Gasteiger partial charge in [-0.05, 0) is 30.3 Å². The molecule has 0 aliphatic carbocycles. The monoisotopic (exact) mass is 335 g/mol. The van der Waals surface area contributed by atoms with Gasteiger partial charge in [-0.25, -0.2) is 4.98 Å². The Balaban J connectivity index is 2.09. The molecule has 0 bridgehead atoms. The zero-order valence-corrected chi connectivity index (χ0v) is 11.7. The normalized spacial score (nSPS) is 11.2. The predicted molar refractivity (Wildman–Crippen MR) is 79.9 cm³/mol. The van der Waals surface area contributed by atoms with E-state index in [0.717, 1.165) is 16.4 Å². The molecule has 0 aliphatic rings. The van der Waals surface area contributed by atoms with E-state index in [9.17, 15) is 10.1 Å². The summed E-state index contributed by atoms with van der Waals surface area (Å²) in [4.78, 5) is 17.8. The zero-order chi connectivity index (χ0) is 14.5. The lowest BCUT2D eigenvalue weighted by atomic mass is 10.3. The summed E-state index contributed by atoms with van der Waals surface area (Å²) in [6.45, 7) is 0. The Kier molecular flexibility index (Phi) is 4.26. The van der Waals surface area contributed by atoms with Gasteiger partial charge in [0.2, 0.25) is 0 Å². The number of guanidine groups is 1. The summed E-state index contributed by atoms with van der Waals surface area (Å²) >= 11 is 3.33. The lowest BCUT2D eigenvalue weighted by molar-refractivity contribution is -0.385. The van der Waals surface area contributed by atoms with Crippen molar-refractivity contribution in [3.63, 3.8) is 0 Å². The molecule has 20 heavy (non-hydrogen) atoms. The number of nitrogens with zero attached hydrogens (tertiary/aromatic N) is 3. The van der Waals surface area contributed by atoms with Gasteiger partial charge in [0.25, 0.3) is 5.69 Å². The third kappa shape index (κ3) is 3.75. The highest BCUT2D eigenvalue weighted by molar-refractivity contribution is 9.10. The fourth-order valence-electron chi connectivity index (χ4n) is 1.38. The number of nitrogens with two attached hydrogens (primary N) is 1. The van der Waals surface area contributed by atoms with Crippen molar-refractivity contribution in [3.8, 4) is 0 Å². The molecule has 1 heterocycles. The van der Waals surface area contributed by atoms with Gasteiger partial charge in [-0.1, -0.05) is 15.9 Å². The largest absolute Gasteiger partial charge is 0.369 e. The molecule has 0 radical (unpaired) electrons. The van der Waals surface area contributed by atoms with Crippen LogP contribution in [-0.2, 0) is 0 Å². The minimum atomic E-state index is -0.524. The quantitative estimate of drug-likeness (QED) is 0.388. The maximum absolute atomic E-state index is 10.5. The van der Waals surface area contributed by atoms with Gasteiger partial charge in [0.15, 0.2) is 11.8 Å². The van der Waals surface area contributed by atoms with Crippen LogP contribution in [0.4, 0.5) is 17.2 Å². The van der Waals surface area contributed by atoms with E-state index in [2.05, 4.69) is 31.2 Å². The molecule has 0 spiro atoms. The van der Waals surface area contributed by atoms with E-state index in [-0.39, 0.29) is 17.5 Å². The first-order chi connectivity index (χ1) is 9.54. The lowest BCUT2D eigenvalue weighted by Gasteiger charge is -2.05. The minimum absolute atomic E-state index is 0.0941. The van der Waals surface area contributed by atoms with Crippen LogP contribution < -0.4 is 11.1 Å². The van der Waals surface area contributed by atoms with Crippen molar-refractivity contribution in [2.75, 3.05) is 5.32 Å². The number of aromatic nitrogens is 1. The average molecular weight is 336 g/mol. The van der Waals surface area contributed by atoms with Crippen LogP contribution in [-0.4, -0.2) is 15.9 Å². The van der Waals surface area contributed by atoms with E-state index in [1.54, 1.807) is 0 Å². The first-order valence-corrected chi connectivity index (χ1v) is 6.31. The fraction of sp³-hybridized carbons (Fsp3) is 0. The first kappa shape index (κ1) is 13.9. The van der Waals surface area contributed by atoms with E-state index < -0.39 is 4.92 Å². The standard InChI is InChI=1S/C12H10BrN5O2/c13-8-1-3-9(4-2-8)16-12(14)17-11-6-5-10(7-15-11)18(19)20/h1-7H,(H3,14,15,16,17). The summed E-state index contributed by atoms with van der Waals surface area (Å²) in [5.74, 6) is 0.436. The molecule has 0 unspecified atom stereocenters. The molecule has 102 valence electrons. The van der Waals surface area contributed by atoms with Crippen LogP contribution in [0, 0.1) is 10.1 Å². The predicted octanol–water partition coefficient (Wildman–Crippen LogP) is 2.81. The molecule has 1 aromatic heterocycles. The maximum atomic E-state index is 10.5. The number of anilines is 1. The van der Waals surface area contributed by atoms with Crippen molar-refractivity contribution in [3.05, 3.63) is 57.2 Å². The van der Waals surface area contributed by atoms with Crippen LogP contribution in [0.2, 0.25) is 0 Å². The van der Waals surface area contributed by atoms with E-state index in [0.29, 0.717) is 0 Å². The molecule has 2 aromatic rings. The van der Waals surface area contributed by atoms with E-state index in [1.165, 1.54) is 12.1 Å². The van der Waals surface area contributed by atoms with Gasteiger partial charge < -0.3 is 11.1 Å². The number of aliphatic imine (C=N–C) groups is 1. The van der Waals surface area contributed by atoms with Crippen LogP contribution in [0.5, 0.6) is 0 Å². The van der Waals surface area contributed by atoms with Gasteiger partial charge in [-0.15, -0.1) is 0 Å². The molecule has 0 fully saturated rings. The van der Waals surface area contributed by atoms with E-state index >= 15 is 0 Å².